The molecule has 0 aliphatic heterocycles. The van der Waals surface area contributed by atoms with E-state index in [0.717, 1.165) is 45.9 Å². The van der Waals surface area contributed by atoms with Gasteiger partial charge in [0.25, 0.3) is 0 Å². The Morgan fingerprint density at radius 1 is 0.926 bits per heavy atom. The van der Waals surface area contributed by atoms with E-state index in [9.17, 15) is 0 Å². The first kappa shape index (κ1) is 19.1. The van der Waals surface area contributed by atoms with E-state index in [1.807, 2.05) is 68.7 Å². The quantitative estimate of drug-likeness (QED) is 0.654. The molecule has 0 unspecified atom stereocenters. The van der Waals surface area contributed by atoms with Gasteiger partial charge in [0.05, 0.1) is 11.2 Å². The third-order valence-corrected chi connectivity index (χ3v) is 4.43. The van der Waals surface area contributed by atoms with Crippen molar-refractivity contribution in [2.45, 2.75) is 32.2 Å². The Morgan fingerprint density at radius 2 is 1.67 bits per heavy atom. The molecule has 3 rings (SSSR count). The first-order chi connectivity index (χ1) is 12.9. The lowest BCUT2D eigenvalue weighted by atomic mass is 10.0. The summed E-state index contributed by atoms with van der Waals surface area (Å²) in [7, 11) is 0. The molecule has 27 heavy (non-hydrogen) atoms. The highest BCUT2D eigenvalue weighted by Gasteiger charge is 2.14. The van der Waals surface area contributed by atoms with E-state index in [-0.39, 0.29) is 0 Å². The second-order valence-electron chi connectivity index (χ2n) is 7.01. The van der Waals surface area contributed by atoms with Gasteiger partial charge in [-0.15, -0.1) is 0 Å². The van der Waals surface area contributed by atoms with E-state index in [1.165, 1.54) is 0 Å². The molecule has 0 aliphatic rings. The molecule has 0 aliphatic carbocycles. The molecule has 3 aromatic rings. The lowest BCUT2D eigenvalue weighted by Gasteiger charge is -2.17. The molecule has 0 atom stereocenters. The second kappa shape index (κ2) is 8.35. The zero-order chi connectivity index (χ0) is 19.3. The lowest BCUT2D eigenvalue weighted by Crippen LogP contribution is -2.29. The van der Waals surface area contributed by atoms with Crippen molar-refractivity contribution in [3.63, 3.8) is 0 Å². The SMILES string of the molecule is CC(C)(N)c1ccc(CCC#Cc2ccc(-c3ccc(Cl)cc3)cn2)cn1. The lowest BCUT2D eigenvalue weighted by molar-refractivity contribution is 0.534. The van der Waals surface area contributed by atoms with Gasteiger partial charge in [0, 0.05) is 29.4 Å². The van der Waals surface area contributed by atoms with Gasteiger partial charge in [0.15, 0.2) is 0 Å². The summed E-state index contributed by atoms with van der Waals surface area (Å²) < 4.78 is 0. The van der Waals surface area contributed by atoms with Crippen LogP contribution in [0, 0.1) is 11.8 Å². The maximum Gasteiger partial charge on any atom is 0.113 e. The van der Waals surface area contributed by atoms with Crippen LogP contribution in [0.5, 0.6) is 0 Å². The van der Waals surface area contributed by atoms with Crippen molar-refractivity contribution in [1.29, 1.82) is 0 Å². The number of hydrogen-bond acceptors (Lipinski definition) is 3. The van der Waals surface area contributed by atoms with Gasteiger partial charge in [-0.1, -0.05) is 41.8 Å². The molecule has 0 fully saturated rings. The van der Waals surface area contributed by atoms with Crippen LogP contribution in [0.4, 0.5) is 0 Å². The largest absolute Gasteiger partial charge is 0.321 e. The molecule has 0 amide bonds. The average molecular weight is 376 g/mol. The normalized spacial score (nSPS) is 11.0. The molecule has 0 saturated heterocycles. The number of aryl methyl sites for hydroxylation is 1. The molecule has 2 aromatic heterocycles. The highest BCUT2D eigenvalue weighted by molar-refractivity contribution is 6.30. The Bertz CT molecular complexity index is 942. The Hall–Kier alpha value is -2.67. The molecule has 2 N–H and O–H groups in total. The smallest absolute Gasteiger partial charge is 0.113 e. The molecule has 0 bridgehead atoms. The minimum atomic E-state index is -0.415. The maximum absolute atomic E-state index is 6.05. The Labute approximate surface area is 165 Å². The van der Waals surface area contributed by atoms with Crippen LogP contribution in [0.15, 0.2) is 60.9 Å². The van der Waals surface area contributed by atoms with E-state index in [2.05, 4.69) is 27.9 Å². The molecule has 2 heterocycles. The highest BCUT2D eigenvalue weighted by Crippen LogP contribution is 2.20. The van der Waals surface area contributed by atoms with E-state index in [0.29, 0.717) is 0 Å². The number of rotatable bonds is 4. The average Bonchev–Trinajstić information content (AvgIpc) is 2.66. The van der Waals surface area contributed by atoms with Gasteiger partial charge in [-0.05, 0) is 61.6 Å². The van der Waals surface area contributed by atoms with Crippen molar-refractivity contribution >= 4 is 11.6 Å². The van der Waals surface area contributed by atoms with Crippen molar-refractivity contribution in [2.24, 2.45) is 5.73 Å². The molecule has 4 heteroatoms. The summed E-state index contributed by atoms with van der Waals surface area (Å²) in [5, 5.41) is 0.728. The molecule has 0 saturated carbocycles. The topological polar surface area (TPSA) is 51.8 Å². The maximum atomic E-state index is 6.05. The third kappa shape index (κ3) is 5.40. The predicted octanol–water partition coefficient (Wildman–Crippen LogP) is 4.98. The molecular weight excluding hydrogens is 354 g/mol. The first-order valence-electron chi connectivity index (χ1n) is 8.87. The number of benzene rings is 1. The van der Waals surface area contributed by atoms with Crippen LogP contribution in [0.2, 0.25) is 5.02 Å². The highest BCUT2D eigenvalue weighted by atomic mass is 35.5. The molecular formula is C23H22ClN3. The van der Waals surface area contributed by atoms with Gasteiger partial charge in [0.2, 0.25) is 0 Å². The van der Waals surface area contributed by atoms with Gasteiger partial charge in [-0.2, -0.15) is 0 Å². The standard InChI is InChI=1S/C23H22ClN3/c1-23(2,25)22-14-7-17(15-27-22)5-3-4-6-21-13-10-19(16-26-21)18-8-11-20(24)12-9-18/h7-16H,3,5,25H2,1-2H3. The van der Waals surface area contributed by atoms with E-state index < -0.39 is 5.54 Å². The number of aromatic nitrogens is 2. The van der Waals surface area contributed by atoms with Crippen molar-refractivity contribution in [1.82, 2.24) is 9.97 Å². The van der Waals surface area contributed by atoms with Crippen LogP contribution < -0.4 is 5.73 Å². The van der Waals surface area contributed by atoms with Crippen LogP contribution in [-0.2, 0) is 12.0 Å². The van der Waals surface area contributed by atoms with Gasteiger partial charge in [-0.25, -0.2) is 4.98 Å². The van der Waals surface area contributed by atoms with Crippen molar-refractivity contribution < 1.29 is 0 Å². The molecule has 0 spiro atoms. The van der Waals surface area contributed by atoms with Crippen LogP contribution in [-0.4, -0.2) is 9.97 Å². The number of hydrogen-bond donors (Lipinski definition) is 1. The van der Waals surface area contributed by atoms with Crippen molar-refractivity contribution in [3.05, 3.63) is 82.9 Å². The van der Waals surface area contributed by atoms with Crippen LogP contribution in [0.25, 0.3) is 11.1 Å². The Balaban J connectivity index is 1.57. The van der Waals surface area contributed by atoms with Crippen LogP contribution >= 0.6 is 11.6 Å². The van der Waals surface area contributed by atoms with Gasteiger partial charge in [0.1, 0.15) is 5.69 Å². The summed E-state index contributed by atoms with van der Waals surface area (Å²) in [6.07, 6.45) is 5.33. The minimum absolute atomic E-state index is 0.415. The predicted molar refractivity (Wildman–Crippen MR) is 111 cm³/mol. The van der Waals surface area contributed by atoms with Crippen LogP contribution in [0.1, 0.15) is 37.2 Å². The summed E-state index contributed by atoms with van der Waals surface area (Å²) in [6.45, 7) is 3.90. The number of halogens is 1. The number of nitrogens with two attached hydrogens (primary N) is 1. The fourth-order valence-corrected chi connectivity index (χ4v) is 2.72. The third-order valence-electron chi connectivity index (χ3n) is 4.18. The Kier molecular flexibility index (Phi) is 5.91. The zero-order valence-electron chi connectivity index (χ0n) is 15.5. The number of pyridine rings is 2. The summed E-state index contributed by atoms with van der Waals surface area (Å²) in [4.78, 5) is 8.86. The van der Waals surface area contributed by atoms with E-state index >= 15 is 0 Å². The monoisotopic (exact) mass is 375 g/mol. The van der Waals surface area contributed by atoms with Gasteiger partial charge in [-0.3, -0.25) is 4.98 Å². The van der Waals surface area contributed by atoms with Crippen molar-refractivity contribution in [3.8, 4) is 23.0 Å². The van der Waals surface area contributed by atoms with E-state index in [1.54, 1.807) is 0 Å². The first-order valence-corrected chi connectivity index (χ1v) is 9.25. The van der Waals surface area contributed by atoms with Gasteiger partial charge < -0.3 is 5.73 Å². The number of nitrogens with zero attached hydrogens (tertiary/aromatic N) is 2. The van der Waals surface area contributed by atoms with Crippen molar-refractivity contribution in [2.75, 3.05) is 0 Å². The zero-order valence-corrected chi connectivity index (χ0v) is 16.3. The fraction of sp³-hybridized carbons (Fsp3) is 0.217. The summed E-state index contributed by atoms with van der Waals surface area (Å²) in [5.41, 5.74) is 10.6. The second-order valence-corrected chi connectivity index (χ2v) is 7.45. The summed E-state index contributed by atoms with van der Waals surface area (Å²) in [6, 6.07) is 15.7. The summed E-state index contributed by atoms with van der Waals surface area (Å²) >= 11 is 5.92. The molecule has 136 valence electrons. The molecule has 1 aromatic carbocycles. The van der Waals surface area contributed by atoms with Gasteiger partial charge >= 0.3 is 0 Å². The Morgan fingerprint density at radius 3 is 2.26 bits per heavy atom. The van der Waals surface area contributed by atoms with Crippen LogP contribution in [0.3, 0.4) is 0 Å². The fourth-order valence-electron chi connectivity index (χ4n) is 2.59. The summed E-state index contributed by atoms with van der Waals surface area (Å²) in [5.74, 6) is 6.29. The molecule has 3 nitrogen and oxygen atoms in total. The van der Waals surface area contributed by atoms with E-state index in [4.69, 9.17) is 17.3 Å². The minimum Gasteiger partial charge on any atom is -0.321 e. The molecule has 0 radical (unpaired) electrons.